The van der Waals surface area contributed by atoms with Crippen LogP contribution in [0.4, 0.5) is 0 Å². The van der Waals surface area contributed by atoms with Gasteiger partial charge in [0.25, 0.3) is 0 Å². The average molecular weight is 717 g/mol. The number of rotatable bonds is 11. The smallest absolute Gasteiger partial charge is 0.399 e. The van der Waals surface area contributed by atoms with Crippen molar-refractivity contribution in [1.29, 1.82) is 0 Å². The molecule has 2 aliphatic heterocycles. The van der Waals surface area contributed by atoms with E-state index in [2.05, 4.69) is 147 Å². The Morgan fingerprint density at radius 1 is 0.528 bits per heavy atom. The molecule has 0 spiro atoms. The Morgan fingerprint density at radius 2 is 1.00 bits per heavy atom. The van der Waals surface area contributed by atoms with E-state index in [9.17, 15) is 0 Å². The lowest BCUT2D eigenvalue weighted by molar-refractivity contribution is 0.00578. The third-order valence-electron chi connectivity index (χ3n) is 12.2. The molecule has 0 saturated carbocycles. The summed E-state index contributed by atoms with van der Waals surface area (Å²) in [5.74, 6) is 1.00. The summed E-state index contributed by atoms with van der Waals surface area (Å²) >= 11 is 0. The SMILES string of the molecule is CCCC.CCCCCCCCn1c(-c2ccccc2)nc2c3cc(B4OC(C)(C)C(C)(C)O4)ccc3c3ccc(B4OC(C)(C)C(C)(C)O4)cc3c21. The van der Waals surface area contributed by atoms with Gasteiger partial charge in [0.05, 0.1) is 33.4 Å². The number of aryl methyl sites for hydroxylation is 1. The van der Waals surface area contributed by atoms with Gasteiger partial charge in [0.15, 0.2) is 0 Å². The van der Waals surface area contributed by atoms with Gasteiger partial charge in [-0.25, -0.2) is 4.98 Å². The normalized spacial score (nSPS) is 18.6. The first-order valence-corrected chi connectivity index (χ1v) is 20.3. The Kier molecular flexibility index (Phi) is 11.6. The Labute approximate surface area is 319 Å². The molecule has 3 heterocycles. The highest BCUT2D eigenvalue weighted by Gasteiger charge is 2.53. The molecule has 2 aliphatic rings. The minimum atomic E-state index is -0.454. The van der Waals surface area contributed by atoms with Crippen LogP contribution in [0, 0.1) is 0 Å². The van der Waals surface area contributed by atoms with E-state index in [1.165, 1.54) is 55.7 Å². The molecule has 7 rings (SSSR count). The first-order valence-electron chi connectivity index (χ1n) is 20.3. The van der Waals surface area contributed by atoms with Crippen molar-refractivity contribution < 1.29 is 18.6 Å². The fourth-order valence-corrected chi connectivity index (χ4v) is 7.23. The maximum absolute atomic E-state index is 6.55. The van der Waals surface area contributed by atoms with Crippen LogP contribution in [-0.2, 0) is 25.2 Å². The predicted octanol–water partition coefficient (Wildman–Crippen LogP) is 10.8. The van der Waals surface area contributed by atoms with Crippen molar-refractivity contribution >= 4 is 57.7 Å². The standard InChI is InChI=1S/C41H52B2N2O4.C4H10/c1-10-11-12-13-14-18-25-45-36-34-27-30(43-48-40(6,7)41(8,9)49-43)22-24-32(34)31-23-21-29(42-46-38(2,3)39(4,5)47-42)26-33(31)35(36)44-37(45)28-19-16-15-17-20-28;1-3-4-2/h15-17,19-24,26-27H,10-14,18,25H2,1-9H3;3-4H2,1-2H3. The average Bonchev–Trinajstić information content (AvgIpc) is 3.70. The minimum Gasteiger partial charge on any atom is -0.399 e. The molecule has 0 amide bonds. The van der Waals surface area contributed by atoms with Crippen LogP contribution in [0.2, 0.25) is 0 Å². The summed E-state index contributed by atoms with van der Waals surface area (Å²) < 4.78 is 28.6. The van der Waals surface area contributed by atoms with Gasteiger partial charge in [-0.15, -0.1) is 0 Å². The van der Waals surface area contributed by atoms with Gasteiger partial charge >= 0.3 is 14.2 Å². The van der Waals surface area contributed by atoms with Crippen LogP contribution >= 0.6 is 0 Å². The number of benzene rings is 4. The fourth-order valence-electron chi connectivity index (χ4n) is 7.23. The number of nitrogens with zero attached hydrogens (tertiary/aromatic N) is 2. The largest absolute Gasteiger partial charge is 0.494 e. The van der Waals surface area contributed by atoms with Gasteiger partial charge in [0, 0.05) is 22.9 Å². The Morgan fingerprint density at radius 3 is 1.51 bits per heavy atom. The molecule has 5 aromatic rings. The summed E-state index contributed by atoms with van der Waals surface area (Å²) in [6.07, 6.45) is 10.0. The van der Waals surface area contributed by atoms with E-state index in [1.54, 1.807) is 0 Å². The van der Waals surface area contributed by atoms with E-state index in [-0.39, 0.29) is 0 Å². The molecule has 0 bridgehead atoms. The zero-order valence-corrected chi connectivity index (χ0v) is 34.4. The van der Waals surface area contributed by atoms with Crippen molar-refractivity contribution in [2.75, 3.05) is 0 Å². The molecular weight excluding hydrogens is 654 g/mol. The maximum Gasteiger partial charge on any atom is 0.494 e. The molecule has 6 nitrogen and oxygen atoms in total. The third kappa shape index (κ3) is 7.72. The summed E-state index contributed by atoms with van der Waals surface area (Å²) in [6.45, 7) is 24.4. The quantitative estimate of drug-likeness (QED) is 0.0774. The van der Waals surface area contributed by atoms with Crippen LogP contribution in [0.3, 0.4) is 0 Å². The number of imidazole rings is 1. The van der Waals surface area contributed by atoms with Gasteiger partial charge in [-0.1, -0.05) is 132 Å². The van der Waals surface area contributed by atoms with Gasteiger partial charge < -0.3 is 23.2 Å². The Balaban J connectivity index is 0.00000114. The van der Waals surface area contributed by atoms with Gasteiger partial charge in [-0.2, -0.15) is 0 Å². The molecule has 0 N–H and O–H groups in total. The monoisotopic (exact) mass is 716 g/mol. The summed E-state index contributed by atoms with van der Waals surface area (Å²) in [7, 11) is -0.904. The Bertz CT molecular complexity index is 2000. The van der Waals surface area contributed by atoms with Crippen LogP contribution in [-0.4, -0.2) is 46.2 Å². The van der Waals surface area contributed by atoms with E-state index in [0.29, 0.717) is 0 Å². The van der Waals surface area contributed by atoms with E-state index in [0.717, 1.165) is 57.1 Å². The van der Waals surface area contributed by atoms with E-state index in [1.807, 2.05) is 0 Å². The van der Waals surface area contributed by atoms with Crippen molar-refractivity contribution in [3.8, 4) is 11.4 Å². The molecule has 4 aromatic carbocycles. The molecular formula is C45H62B2N2O4. The van der Waals surface area contributed by atoms with Crippen LogP contribution in [0.15, 0.2) is 66.7 Å². The molecule has 282 valence electrons. The van der Waals surface area contributed by atoms with Gasteiger partial charge in [-0.3, -0.25) is 0 Å². The van der Waals surface area contributed by atoms with Gasteiger partial charge in [0.1, 0.15) is 5.82 Å². The molecule has 0 atom stereocenters. The summed E-state index contributed by atoms with van der Waals surface area (Å²) in [5.41, 5.74) is 3.61. The molecule has 8 heteroatoms. The topological polar surface area (TPSA) is 54.7 Å². The molecule has 2 saturated heterocycles. The van der Waals surface area contributed by atoms with E-state index in [4.69, 9.17) is 23.6 Å². The second-order valence-electron chi connectivity index (χ2n) is 17.2. The van der Waals surface area contributed by atoms with Gasteiger partial charge in [-0.05, 0) is 83.5 Å². The summed E-state index contributed by atoms with van der Waals surface area (Å²) in [5, 5.41) is 4.62. The van der Waals surface area contributed by atoms with Crippen molar-refractivity contribution in [1.82, 2.24) is 9.55 Å². The van der Waals surface area contributed by atoms with E-state index < -0.39 is 36.6 Å². The van der Waals surface area contributed by atoms with Crippen molar-refractivity contribution in [2.24, 2.45) is 0 Å². The zero-order valence-electron chi connectivity index (χ0n) is 34.4. The number of unbranched alkanes of at least 4 members (excludes halogenated alkanes) is 6. The van der Waals surface area contributed by atoms with Crippen molar-refractivity contribution in [3.63, 3.8) is 0 Å². The minimum absolute atomic E-state index is 0.421. The van der Waals surface area contributed by atoms with Crippen molar-refractivity contribution in [2.45, 2.75) is 156 Å². The lowest BCUT2D eigenvalue weighted by Gasteiger charge is -2.32. The van der Waals surface area contributed by atoms with Crippen LogP contribution < -0.4 is 10.9 Å². The molecule has 53 heavy (non-hydrogen) atoms. The highest BCUT2D eigenvalue weighted by molar-refractivity contribution is 6.63. The number of hydrogen-bond acceptors (Lipinski definition) is 5. The second-order valence-corrected chi connectivity index (χ2v) is 17.2. The second kappa shape index (κ2) is 15.5. The zero-order chi connectivity index (χ0) is 38.2. The van der Waals surface area contributed by atoms with E-state index >= 15 is 0 Å². The Hall–Kier alpha value is -3.16. The molecule has 0 unspecified atom stereocenters. The van der Waals surface area contributed by atoms with Crippen LogP contribution in [0.25, 0.3) is 44.0 Å². The lowest BCUT2D eigenvalue weighted by atomic mass is 9.76. The first kappa shape index (κ1) is 39.5. The number of fused-ring (bicyclic) bond motifs is 6. The third-order valence-corrected chi connectivity index (χ3v) is 12.2. The summed E-state index contributed by atoms with van der Waals surface area (Å²) in [4.78, 5) is 5.51. The predicted molar refractivity (Wildman–Crippen MR) is 226 cm³/mol. The lowest BCUT2D eigenvalue weighted by Crippen LogP contribution is -2.41. The fraction of sp³-hybridized carbons (Fsp3) is 0.533. The van der Waals surface area contributed by atoms with Crippen molar-refractivity contribution in [3.05, 3.63) is 66.7 Å². The van der Waals surface area contributed by atoms with Crippen LogP contribution in [0.5, 0.6) is 0 Å². The molecule has 0 aliphatic carbocycles. The maximum atomic E-state index is 6.55. The summed E-state index contributed by atoms with van der Waals surface area (Å²) in [6, 6.07) is 24.0. The number of aromatic nitrogens is 2. The highest BCUT2D eigenvalue weighted by Crippen LogP contribution is 2.41. The number of hydrogen-bond donors (Lipinski definition) is 0. The van der Waals surface area contributed by atoms with Crippen LogP contribution in [0.1, 0.15) is 128 Å². The first-order chi connectivity index (χ1) is 25.1. The molecule has 1 aromatic heterocycles. The highest BCUT2D eigenvalue weighted by atomic mass is 16.7. The van der Waals surface area contributed by atoms with Gasteiger partial charge in [0.2, 0.25) is 0 Å². The molecule has 2 fully saturated rings. The molecule has 0 radical (unpaired) electrons.